The molecular weight excluding hydrogens is 320 g/mol. The third kappa shape index (κ3) is 2.70. The van der Waals surface area contributed by atoms with Crippen molar-refractivity contribution in [3.63, 3.8) is 0 Å². The van der Waals surface area contributed by atoms with Gasteiger partial charge in [-0.15, -0.1) is 0 Å². The quantitative estimate of drug-likeness (QED) is 0.406. The Balaban J connectivity index is 1.88. The van der Waals surface area contributed by atoms with Crippen molar-refractivity contribution >= 4 is 16.9 Å². The van der Waals surface area contributed by atoms with E-state index in [2.05, 4.69) is 39.9 Å². The Labute approximate surface area is 152 Å². The minimum absolute atomic E-state index is 0.766. The number of terminal acetylenes is 1. The summed E-state index contributed by atoms with van der Waals surface area (Å²) in [6.45, 7) is 2.80. The molecule has 0 N–H and O–H groups in total. The van der Waals surface area contributed by atoms with E-state index in [1.807, 2.05) is 54.3 Å². The Kier molecular flexibility index (Phi) is 4.12. The molecule has 4 rings (SSSR count). The first kappa shape index (κ1) is 15.9. The lowest BCUT2D eigenvalue weighted by molar-refractivity contribution is 1.04. The van der Waals surface area contributed by atoms with Crippen LogP contribution in [0.15, 0.2) is 72.9 Å². The molecule has 2 aromatic carbocycles. The van der Waals surface area contributed by atoms with Crippen molar-refractivity contribution in [1.29, 1.82) is 0 Å². The number of hydrogen-bond donors (Lipinski definition) is 0. The average Bonchev–Trinajstić information content (AvgIpc) is 3.10. The molecular formula is C22H18N4. The first-order chi connectivity index (χ1) is 12.8. The van der Waals surface area contributed by atoms with Crippen molar-refractivity contribution < 1.29 is 0 Å². The van der Waals surface area contributed by atoms with Gasteiger partial charge in [-0.05, 0) is 55.5 Å². The van der Waals surface area contributed by atoms with Crippen molar-refractivity contribution in [2.24, 2.45) is 0 Å². The monoisotopic (exact) mass is 338 g/mol. The van der Waals surface area contributed by atoms with Crippen LogP contribution in [0.5, 0.6) is 0 Å². The molecule has 0 aliphatic carbocycles. The number of anilines is 1. The number of pyridine rings is 1. The number of aromatic nitrogens is 3. The van der Waals surface area contributed by atoms with Gasteiger partial charge >= 0.3 is 0 Å². The molecule has 0 amide bonds. The smallest absolute Gasteiger partial charge is 0.164 e. The van der Waals surface area contributed by atoms with Gasteiger partial charge < -0.3 is 4.90 Å². The van der Waals surface area contributed by atoms with Crippen LogP contribution < -0.4 is 4.90 Å². The summed E-state index contributed by atoms with van der Waals surface area (Å²) in [4.78, 5) is 11.2. The summed E-state index contributed by atoms with van der Waals surface area (Å²) >= 11 is 0. The summed E-state index contributed by atoms with van der Waals surface area (Å²) in [6.07, 6.45) is 7.36. The Morgan fingerprint density at radius 3 is 2.46 bits per heavy atom. The van der Waals surface area contributed by atoms with Crippen molar-refractivity contribution in [2.75, 3.05) is 11.4 Å². The lowest BCUT2D eigenvalue weighted by Gasteiger charge is -2.15. The number of nitrogens with zero attached hydrogens (tertiary/aromatic N) is 4. The third-order valence-electron chi connectivity index (χ3n) is 4.34. The minimum atomic E-state index is 0.766. The topological polar surface area (TPSA) is 34.0 Å². The Morgan fingerprint density at radius 1 is 1.00 bits per heavy atom. The molecule has 0 radical (unpaired) electrons. The second-order valence-corrected chi connectivity index (χ2v) is 5.87. The minimum Gasteiger partial charge on any atom is -0.302 e. The van der Waals surface area contributed by atoms with E-state index in [1.165, 1.54) is 0 Å². The predicted octanol–water partition coefficient (Wildman–Crippen LogP) is 4.50. The van der Waals surface area contributed by atoms with Gasteiger partial charge in [0.05, 0.1) is 0 Å². The maximum absolute atomic E-state index is 5.57. The maximum atomic E-state index is 5.57. The van der Waals surface area contributed by atoms with E-state index in [1.54, 1.807) is 6.20 Å². The summed E-state index contributed by atoms with van der Waals surface area (Å²) in [5.74, 6) is 0.861. The highest BCUT2D eigenvalue weighted by molar-refractivity contribution is 5.80. The van der Waals surface area contributed by atoms with E-state index in [0.717, 1.165) is 40.5 Å². The average molecular weight is 338 g/mol. The highest BCUT2D eigenvalue weighted by Gasteiger charge is 2.15. The van der Waals surface area contributed by atoms with Gasteiger partial charge in [0.2, 0.25) is 0 Å². The molecule has 126 valence electrons. The Morgan fingerprint density at radius 2 is 1.77 bits per heavy atom. The van der Waals surface area contributed by atoms with Crippen LogP contribution in [0.3, 0.4) is 0 Å². The Bertz CT molecular complexity index is 1070. The normalized spacial score (nSPS) is 10.6. The van der Waals surface area contributed by atoms with Gasteiger partial charge in [0, 0.05) is 35.7 Å². The summed E-state index contributed by atoms with van der Waals surface area (Å²) < 4.78 is 2.09. The fourth-order valence-electron chi connectivity index (χ4n) is 3.07. The van der Waals surface area contributed by atoms with E-state index in [9.17, 15) is 0 Å². The predicted molar refractivity (Wildman–Crippen MR) is 106 cm³/mol. The van der Waals surface area contributed by atoms with Crippen LogP contribution in [0.4, 0.5) is 5.69 Å². The molecule has 0 saturated carbocycles. The summed E-state index contributed by atoms with van der Waals surface area (Å²) in [6, 6.07) is 24.9. The van der Waals surface area contributed by atoms with Crippen LogP contribution in [0, 0.1) is 12.5 Å². The summed E-state index contributed by atoms with van der Waals surface area (Å²) in [5, 5.41) is 0. The molecule has 4 nitrogen and oxygen atoms in total. The molecule has 0 atom stereocenters. The van der Waals surface area contributed by atoms with Crippen molar-refractivity contribution in [3.05, 3.63) is 72.9 Å². The number of rotatable bonds is 4. The van der Waals surface area contributed by atoms with Gasteiger partial charge in [-0.2, -0.15) is 0 Å². The molecule has 0 saturated heterocycles. The van der Waals surface area contributed by atoms with Crippen molar-refractivity contribution in [2.45, 2.75) is 6.92 Å². The SMILES string of the molecule is C#CN(CC)c1ccc(-c2nc3cccnc3n2-c2ccccc2)cc1. The first-order valence-electron chi connectivity index (χ1n) is 8.55. The molecule has 4 heteroatoms. The molecule has 2 aromatic heterocycles. The number of benzene rings is 2. The molecule has 26 heavy (non-hydrogen) atoms. The number of fused-ring (bicyclic) bond motifs is 1. The number of para-hydroxylation sites is 1. The molecule has 2 heterocycles. The Hall–Kier alpha value is -3.58. The fraction of sp³-hybridized carbons (Fsp3) is 0.0909. The number of imidazole rings is 1. The molecule has 4 aromatic rings. The lowest BCUT2D eigenvalue weighted by Crippen LogP contribution is -2.14. The first-order valence-corrected chi connectivity index (χ1v) is 8.55. The molecule has 0 unspecified atom stereocenters. The lowest BCUT2D eigenvalue weighted by atomic mass is 10.1. The molecule has 0 bridgehead atoms. The molecule has 0 aliphatic heterocycles. The van der Waals surface area contributed by atoms with E-state index >= 15 is 0 Å². The van der Waals surface area contributed by atoms with Crippen LogP contribution in [0.2, 0.25) is 0 Å². The van der Waals surface area contributed by atoms with Gasteiger partial charge in [-0.3, -0.25) is 4.57 Å². The van der Waals surface area contributed by atoms with E-state index in [-0.39, 0.29) is 0 Å². The summed E-state index contributed by atoms with van der Waals surface area (Å²) in [5.41, 5.74) is 4.76. The standard InChI is InChI=1S/C22H18N4/c1-3-25(4-2)18-14-12-17(13-15-18)21-24-20-11-8-16-23-22(20)26(21)19-9-6-5-7-10-19/h1,5-16H,4H2,2H3. The van der Waals surface area contributed by atoms with Gasteiger partial charge in [-0.1, -0.05) is 24.6 Å². The fourth-order valence-corrected chi connectivity index (χ4v) is 3.07. The van der Waals surface area contributed by atoms with Crippen LogP contribution in [-0.4, -0.2) is 21.1 Å². The van der Waals surface area contributed by atoms with Gasteiger partial charge in [0.1, 0.15) is 11.3 Å². The maximum Gasteiger partial charge on any atom is 0.164 e. The highest BCUT2D eigenvalue weighted by atomic mass is 15.1. The van der Waals surface area contributed by atoms with Crippen LogP contribution in [-0.2, 0) is 0 Å². The molecule has 0 spiro atoms. The zero-order valence-electron chi connectivity index (χ0n) is 14.5. The van der Waals surface area contributed by atoms with Crippen LogP contribution >= 0.6 is 0 Å². The van der Waals surface area contributed by atoms with Crippen molar-refractivity contribution in [3.8, 4) is 29.5 Å². The van der Waals surface area contributed by atoms with Crippen LogP contribution in [0.25, 0.3) is 28.2 Å². The van der Waals surface area contributed by atoms with Crippen molar-refractivity contribution in [1.82, 2.24) is 14.5 Å². The van der Waals surface area contributed by atoms with Gasteiger partial charge in [-0.25, -0.2) is 9.97 Å². The highest BCUT2D eigenvalue weighted by Crippen LogP contribution is 2.28. The second kappa shape index (κ2) is 6.73. The summed E-state index contributed by atoms with van der Waals surface area (Å²) in [7, 11) is 0. The molecule has 0 aliphatic rings. The second-order valence-electron chi connectivity index (χ2n) is 5.87. The zero-order valence-corrected chi connectivity index (χ0v) is 14.5. The van der Waals surface area contributed by atoms with E-state index in [4.69, 9.17) is 11.4 Å². The third-order valence-corrected chi connectivity index (χ3v) is 4.34. The van der Waals surface area contributed by atoms with Crippen LogP contribution in [0.1, 0.15) is 6.92 Å². The largest absolute Gasteiger partial charge is 0.302 e. The van der Waals surface area contributed by atoms with E-state index < -0.39 is 0 Å². The van der Waals surface area contributed by atoms with E-state index in [0.29, 0.717) is 0 Å². The number of hydrogen-bond acceptors (Lipinski definition) is 3. The molecule has 0 fully saturated rings. The van der Waals surface area contributed by atoms with Gasteiger partial charge in [0.25, 0.3) is 0 Å². The zero-order chi connectivity index (χ0) is 17.9. The van der Waals surface area contributed by atoms with Gasteiger partial charge in [0.15, 0.2) is 5.65 Å².